The number of hydrogen-bond donors (Lipinski definition) is 2. The first-order chi connectivity index (χ1) is 14.0. The lowest BCUT2D eigenvalue weighted by molar-refractivity contribution is -0.121. The van der Waals surface area contributed by atoms with Crippen molar-refractivity contribution in [1.82, 2.24) is 14.9 Å². The van der Waals surface area contributed by atoms with E-state index in [1.54, 1.807) is 31.5 Å². The van der Waals surface area contributed by atoms with Crippen molar-refractivity contribution in [2.24, 2.45) is 5.92 Å². The van der Waals surface area contributed by atoms with Gasteiger partial charge in [-0.05, 0) is 50.6 Å². The minimum atomic E-state index is -0.431. The van der Waals surface area contributed by atoms with Gasteiger partial charge in [-0.25, -0.2) is 9.78 Å². The molecule has 1 aromatic carbocycles. The number of amides is 1. The molecule has 2 N–H and O–H groups in total. The number of hydrogen-bond acceptors (Lipinski definition) is 7. The van der Waals surface area contributed by atoms with Crippen molar-refractivity contribution in [3.8, 4) is 5.75 Å². The van der Waals surface area contributed by atoms with E-state index in [4.69, 9.17) is 4.42 Å². The SMILES string of the molecule is Cc1c(O)ccc2c(CN3CCC(C(=O)Nc4cnccn4)CC3)cc(=O)oc12. The van der Waals surface area contributed by atoms with Gasteiger partial charge >= 0.3 is 5.63 Å². The van der Waals surface area contributed by atoms with Crippen LogP contribution in [0.5, 0.6) is 5.75 Å². The summed E-state index contributed by atoms with van der Waals surface area (Å²) < 4.78 is 5.31. The van der Waals surface area contributed by atoms with Crippen molar-refractivity contribution in [2.45, 2.75) is 26.3 Å². The molecule has 1 saturated heterocycles. The average Bonchev–Trinajstić information content (AvgIpc) is 2.72. The predicted molar refractivity (Wildman–Crippen MR) is 108 cm³/mol. The summed E-state index contributed by atoms with van der Waals surface area (Å²) in [5.41, 5.74) is 1.41. The second kappa shape index (κ2) is 8.00. The van der Waals surface area contributed by atoms with Crippen LogP contribution in [0.15, 0.2) is 46.0 Å². The molecule has 1 fully saturated rings. The Labute approximate surface area is 167 Å². The molecule has 0 atom stereocenters. The van der Waals surface area contributed by atoms with Gasteiger partial charge in [0.05, 0.1) is 6.20 Å². The lowest BCUT2D eigenvalue weighted by Crippen LogP contribution is -2.38. The molecule has 29 heavy (non-hydrogen) atoms. The molecule has 4 rings (SSSR count). The Morgan fingerprint density at radius 1 is 1.31 bits per heavy atom. The van der Waals surface area contributed by atoms with Crippen LogP contribution in [0.3, 0.4) is 0 Å². The summed E-state index contributed by atoms with van der Waals surface area (Å²) in [5, 5.41) is 13.5. The Hall–Kier alpha value is -3.26. The molecule has 0 saturated carbocycles. The van der Waals surface area contributed by atoms with Crippen LogP contribution in [0.2, 0.25) is 0 Å². The maximum atomic E-state index is 12.4. The molecule has 0 radical (unpaired) electrons. The molecule has 3 heterocycles. The number of phenols is 1. The summed E-state index contributed by atoms with van der Waals surface area (Å²) in [4.78, 5) is 34.7. The molecule has 2 aromatic heterocycles. The van der Waals surface area contributed by atoms with E-state index in [-0.39, 0.29) is 17.6 Å². The smallest absolute Gasteiger partial charge is 0.336 e. The third kappa shape index (κ3) is 4.12. The number of fused-ring (bicyclic) bond motifs is 1. The van der Waals surface area contributed by atoms with E-state index in [9.17, 15) is 14.7 Å². The molecule has 8 nitrogen and oxygen atoms in total. The second-order valence-electron chi connectivity index (χ2n) is 7.31. The maximum absolute atomic E-state index is 12.4. The first kappa shape index (κ1) is 19.1. The molecule has 1 aliphatic rings. The standard InChI is InChI=1S/C21H22N4O4/c1-13-17(26)3-2-16-15(10-19(27)29-20(13)16)12-25-8-4-14(5-9-25)21(28)24-18-11-22-6-7-23-18/h2-3,6-7,10-11,14,26H,4-5,8-9,12H2,1H3,(H,23,24,28). The second-order valence-corrected chi connectivity index (χ2v) is 7.31. The van der Waals surface area contributed by atoms with Crippen LogP contribution in [0.25, 0.3) is 11.0 Å². The molecule has 1 amide bonds. The van der Waals surface area contributed by atoms with Crippen LogP contribution in [0, 0.1) is 12.8 Å². The monoisotopic (exact) mass is 394 g/mol. The Balaban J connectivity index is 1.43. The number of rotatable bonds is 4. The average molecular weight is 394 g/mol. The fourth-order valence-corrected chi connectivity index (χ4v) is 3.73. The maximum Gasteiger partial charge on any atom is 0.336 e. The summed E-state index contributed by atoms with van der Waals surface area (Å²) in [7, 11) is 0. The summed E-state index contributed by atoms with van der Waals surface area (Å²) in [5.74, 6) is 0.445. The molecular formula is C21H22N4O4. The van der Waals surface area contributed by atoms with E-state index in [0.29, 0.717) is 23.5 Å². The minimum Gasteiger partial charge on any atom is -0.508 e. The molecule has 0 aliphatic carbocycles. The Kier molecular flexibility index (Phi) is 5.26. The van der Waals surface area contributed by atoms with E-state index < -0.39 is 5.63 Å². The number of aromatic hydroxyl groups is 1. The number of aryl methyl sites for hydroxylation is 1. The summed E-state index contributed by atoms with van der Waals surface area (Å²) >= 11 is 0. The number of nitrogens with zero attached hydrogens (tertiary/aromatic N) is 3. The number of aromatic nitrogens is 2. The molecule has 1 aliphatic heterocycles. The van der Waals surface area contributed by atoms with Crippen molar-refractivity contribution in [2.75, 3.05) is 18.4 Å². The van der Waals surface area contributed by atoms with Crippen LogP contribution in [-0.4, -0.2) is 39.0 Å². The summed E-state index contributed by atoms with van der Waals surface area (Å²) in [6.07, 6.45) is 6.08. The first-order valence-corrected chi connectivity index (χ1v) is 9.56. The Morgan fingerprint density at radius 2 is 2.10 bits per heavy atom. The van der Waals surface area contributed by atoms with Crippen LogP contribution < -0.4 is 10.9 Å². The quantitative estimate of drug-likeness (QED) is 0.654. The van der Waals surface area contributed by atoms with Crippen LogP contribution >= 0.6 is 0 Å². The lowest BCUT2D eigenvalue weighted by atomic mass is 9.95. The summed E-state index contributed by atoms with van der Waals surface area (Å²) in [6, 6.07) is 4.90. The zero-order valence-electron chi connectivity index (χ0n) is 16.1. The van der Waals surface area contributed by atoms with Gasteiger partial charge in [0, 0.05) is 41.9 Å². The fourth-order valence-electron chi connectivity index (χ4n) is 3.73. The van der Waals surface area contributed by atoms with Gasteiger partial charge in [-0.3, -0.25) is 14.7 Å². The Morgan fingerprint density at radius 3 is 2.83 bits per heavy atom. The number of likely N-dealkylation sites (tertiary alicyclic amines) is 1. The number of piperidine rings is 1. The van der Waals surface area contributed by atoms with E-state index in [1.807, 2.05) is 0 Å². The largest absolute Gasteiger partial charge is 0.508 e. The number of benzene rings is 1. The minimum absolute atomic E-state index is 0.0398. The van der Waals surface area contributed by atoms with Gasteiger partial charge in [0.1, 0.15) is 11.3 Å². The number of anilines is 1. The van der Waals surface area contributed by atoms with Crippen molar-refractivity contribution in [1.29, 1.82) is 0 Å². The highest BCUT2D eigenvalue weighted by molar-refractivity contribution is 5.91. The van der Waals surface area contributed by atoms with Gasteiger partial charge in [-0.1, -0.05) is 0 Å². The van der Waals surface area contributed by atoms with E-state index in [1.165, 1.54) is 12.3 Å². The van der Waals surface area contributed by atoms with Crippen molar-refractivity contribution < 1.29 is 14.3 Å². The highest BCUT2D eigenvalue weighted by atomic mass is 16.4. The van der Waals surface area contributed by atoms with Gasteiger partial charge in [-0.2, -0.15) is 0 Å². The van der Waals surface area contributed by atoms with Crippen molar-refractivity contribution >= 4 is 22.7 Å². The highest BCUT2D eigenvalue weighted by Gasteiger charge is 2.26. The highest BCUT2D eigenvalue weighted by Crippen LogP contribution is 2.29. The topological polar surface area (TPSA) is 109 Å². The zero-order chi connectivity index (χ0) is 20.4. The molecule has 8 heteroatoms. The predicted octanol–water partition coefficient (Wildman–Crippen LogP) is 2.45. The lowest BCUT2D eigenvalue weighted by Gasteiger charge is -2.31. The van der Waals surface area contributed by atoms with E-state index in [0.717, 1.165) is 36.9 Å². The third-order valence-electron chi connectivity index (χ3n) is 5.38. The van der Waals surface area contributed by atoms with E-state index in [2.05, 4.69) is 20.2 Å². The first-order valence-electron chi connectivity index (χ1n) is 9.56. The van der Waals surface area contributed by atoms with Gasteiger partial charge in [-0.15, -0.1) is 0 Å². The number of carbonyl (C=O) groups excluding carboxylic acids is 1. The Bertz CT molecular complexity index is 1090. The van der Waals surface area contributed by atoms with Gasteiger partial charge in [0.25, 0.3) is 0 Å². The number of phenolic OH excluding ortho intramolecular Hbond substituents is 1. The zero-order valence-corrected chi connectivity index (χ0v) is 16.1. The number of carbonyl (C=O) groups is 1. The molecule has 0 bridgehead atoms. The third-order valence-corrected chi connectivity index (χ3v) is 5.38. The van der Waals surface area contributed by atoms with Gasteiger partial charge < -0.3 is 14.8 Å². The number of nitrogens with one attached hydrogen (secondary N) is 1. The molecular weight excluding hydrogens is 372 g/mol. The molecule has 3 aromatic rings. The van der Waals surface area contributed by atoms with E-state index >= 15 is 0 Å². The normalized spacial score (nSPS) is 15.5. The van der Waals surface area contributed by atoms with Gasteiger partial charge in [0.2, 0.25) is 5.91 Å². The molecule has 150 valence electrons. The van der Waals surface area contributed by atoms with Crippen LogP contribution in [0.1, 0.15) is 24.0 Å². The molecule has 0 spiro atoms. The fraction of sp³-hybridized carbons (Fsp3) is 0.333. The van der Waals surface area contributed by atoms with Crippen LogP contribution in [0.4, 0.5) is 5.82 Å². The molecule has 0 unspecified atom stereocenters. The van der Waals surface area contributed by atoms with Crippen molar-refractivity contribution in [3.05, 3.63) is 58.3 Å². The van der Waals surface area contributed by atoms with Crippen molar-refractivity contribution in [3.63, 3.8) is 0 Å². The van der Waals surface area contributed by atoms with Gasteiger partial charge in [0.15, 0.2) is 5.82 Å². The van der Waals surface area contributed by atoms with Crippen LogP contribution in [-0.2, 0) is 11.3 Å². The summed E-state index contributed by atoms with van der Waals surface area (Å²) in [6.45, 7) is 3.81.